The molecule has 4 saturated carbocycles. The van der Waals surface area contributed by atoms with Gasteiger partial charge < -0.3 is 89.3 Å². The SMILES string of the molecule is CC(CCC1=CC2C(CC3C4CCC5CC(OC6OC(CO)C(O)C(O)C6OC6OC(CO)C(O)C(O)C6O)CCC5(C)C4CCC23C)O1)COC1OC(CO)C(O)C(O)C1O. The third-order valence-corrected chi connectivity index (χ3v) is 16.9. The first-order valence-corrected chi connectivity index (χ1v) is 23.1. The van der Waals surface area contributed by atoms with Crippen LogP contribution in [0.15, 0.2) is 11.8 Å². The van der Waals surface area contributed by atoms with Gasteiger partial charge in [-0.25, -0.2) is 0 Å². The van der Waals surface area contributed by atoms with Crippen LogP contribution in [-0.2, 0) is 33.2 Å². The van der Waals surface area contributed by atoms with E-state index >= 15 is 0 Å². The summed E-state index contributed by atoms with van der Waals surface area (Å²) >= 11 is 0. The Kier molecular flexibility index (Phi) is 14.4. The zero-order chi connectivity index (χ0) is 44.4. The summed E-state index contributed by atoms with van der Waals surface area (Å²) in [5.74, 6) is 3.52. The van der Waals surface area contributed by atoms with E-state index in [-0.39, 0.29) is 35.6 Å². The summed E-state index contributed by atoms with van der Waals surface area (Å²) in [6, 6.07) is 0. The molecule has 18 nitrogen and oxygen atoms in total. The minimum absolute atomic E-state index is 0.0977. The van der Waals surface area contributed by atoms with Crippen molar-refractivity contribution in [2.45, 2.75) is 189 Å². The van der Waals surface area contributed by atoms with Gasteiger partial charge in [-0.05, 0) is 104 Å². The fourth-order valence-corrected chi connectivity index (χ4v) is 13.1. The Morgan fingerprint density at radius 1 is 0.645 bits per heavy atom. The lowest BCUT2D eigenvalue weighted by atomic mass is 9.44. The van der Waals surface area contributed by atoms with E-state index in [0.29, 0.717) is 29.6 Å². The molecule has 3 saturated heterocycles. The molecule has 4 aliphatic carbocycles. The smallest absolute Gasteiger partial charge is 0.187 e. The second-order valence-electron chi connectivity index (χ2n) is 20.5. The van der Waals surface area contributed by atoms with Crippen LogP contribution in [0.3, 0.4) is 0 Å². The number of hydrogen-bond donors (Lipinski definition) is 11. The van der Waals surface area contributed by atoms with Crippen LogP contribution in [0.4, 0.5) is 0 Å². The molecule has 4 aliphatic heterocycles. The maximum Gasteiger partial charge on any atom is 0.187 e. The number of ether oxygens (including phenoxy) is 7. The van der Waals surface area contributed by atoms with Gasteiger partial charge in [-0.3, -0.25) is 0 Å². The second kappa shape index (κ2) is 18.9. The van der Waals surface area contributed by atoms with E-state index in [1.807, 2.05) is 6.92 Å². The van der Waals surface area contributed by atoms with Crippen molar-refractivity contribution in [1.82, 2.24) is 0 Å². The molecule has 0 aromatic carbocycles. The van der Waals surface area contributed by atoms with Crippen LogP contribution in [0, 0.1) is 46.3 Å². The topological polar surface area (TPSA) is 287 Å². The van der Waals surface area contributed by atoms with Gasteiger partial charge in [-0.2, -0.15) is 0 Å². The molecule has 18 heteroatoms. The van der Waals surface area contributed by atoms with Crippen molar-refractivity contribution in [2.75, 3.05) is 26.4 Å². The molecule has 8 aliphatic rings. The zero-order valence-electron chi connectivity index (χ0n) is 36.0. The summed E-state index contributed by atoms with van der Waals surface area (Å²) in [6.07, 6.45) is -9.70. The van der Waals surface area contributed by atoms with E-state index in [4.69, 9.17) is 33.2 Å². The highest BCUT2D eigenvalue weighted by molar-refractivity contribution is 5.20. The monoisotopic (exact) mass is 888 g/mol. The van der Waals surface area contributed by atoms with Crippen molar-refractivity contribution in [3.63, 3.8) is 0 Å². The summed E-state index contributed by atoms with van der Waals surface area (Å²) in [7, 11) is 0. The fraction of sp³-hybridized carbons (Fsp3) is 0.955. The number of rotatable bonds is 13. The molecule has 0 amide bonds. The average Bonchev–Trinajstić information content (AvgIpc) is 3.80. The van der Waals surface area contributed by atoms with Gasteiger partial charge in [0.25, 0.3) is 0 Å². The molecule has 8 rings (SSSR count). The minimum atomic E-state index is -1.74. The van der Waals surface area contributed by atoms with Crippen LogP contribution in [0.1, 0.15) is 85.0 Å². The van der Waals surface area contributed by atoms with Crippen LogP contribution in [0.25, 0.3) is 0 Å². The number of hydrogen-bond acceptors (Lipinski definition) is 18. The van der Waals surface area contributed by atoms with Crippen LogP contribution >= 0.6 is 0 Å². The number of allylic oxidation sites excluding steroid dienone is 1. The number of aliphatic hydroxyl groups is 11. The summed E-state index contributed by atoms with van der Waals surface area (Å²) in [6.45, 7) is 5.47. The van der Waals surface area contributed by atoms with Crippen molar-refractivity contribution in [1.29, 1.82) is 0 Å². The van der Waals surface area contributed by atoms with Gasteiger partial charge in [0.2, 0.25) is 0 Å². The largest absolute Gasteiger partial charge is 0.494 e. The van der Waals surface area contributed by atoms with Crippen LogP contribution in [0.2, 0.25) is 0 Å². The third-order valence-electron chi connectivity index (χ3n) is 16.9. The first-order valence-electron chi connectivity index (χ1n) is 23.1. The maximum atomic E-state index is 11.2. The summed E-state index contributed by atoms with van der Waals surface area (Å²) in [5, 5.41) is 113. The Bertz CT molecular complexity index is 1540. The van der Waals surface area contributed by atoms with Gasteiger partial charge in [-0.1, -0.05) is 20.8 Å². The Balaban J connectivity index is 0.858. The molecule has 0 spiro atoms. The Labute approximate surface area is 362 Å². The van der Waals surface area contributed by atoms with Crippen molar-refractivity contribution in [2.24, 2.45) is 46.3 Å². The predicted molar refractivity (Wildman–Crippen MR) is 213 cm³/mol. The molecule has 7 fully saturated rings. The van der Waals surface area contributed by atoms with Gasteiger partial charge >= 0.3 is 0 Å². The van der Waals surface area contributed by atoms with E-state index in [1.165, 1.54) is 0 Å². The zero-order valence-corrected chi connectivity index (χ0v) is 36.0. The first kappa shape index (κ1) is 47.4. The molecule has 4 heterocycles. The van der Waals surface area contributed by atoms with Crippen molar-refractivity contribution in [3.8, 4) is 0 Å². The predicted octanol–water partition coefficient (Wildman–Crippen LogP) is -1.22. The molecule has 356 valence electrons. The Hall–Kier alpha value is -1.14. The van der Waals surface area contributed by atoms with Crippen molar-refractivity contribution in [3.05, 3.63) is 11.8 Å². The van der Waals surface area contributed by atoms with E-state index in [9.17, 15) is 56.2 Å². The quantitative estimate of drug-likeness (QED) is 0.0967. The highest BCUT2D eigenvalue weighted by Gasteiger charge is 2.64. The van der Waals surface area contributed by atoms with Crippen LogP contribution in [-0.4, -0.2) is 187 Å². The average molecular weight is 889 g/mol. The van der Waals surface area contributed by atoms with Crippen molar-refractivity contribution < 1.29 is 89.3 Å². The summed E-state index contributed by atoms with van der Waals surface area (Å²) in [5.41, 5.74) is 0.234. The van der Waals surface area contributed by atoms with Crippen molar-refractivity contribution >= 4 is 0 Å². The minimum Gasteiger partial charge on any atom is -0.494 e. The molecule has 0 aromatic rings. The highest BCUT2D eigenvalue weighted by Crippen LogP contribution is 2.69. The molecule has 62 heavy (non-hydrogen) atoms. The number of aliphatic hydroxyl groups excluding tert-OH is 11. The molecule has 0 aromatic heterocycles. The van der Waals surface area contributed by atoms with Gasteiger partial charge in [0, 0.05) is 12.3 Å². The third kappa shape index (κ3) is 8.54. The lowest BCUT2D eigenvalue weighted by Gasteiger charge is -2.61. The van der Waals surface area contributed by atoms with E-state index < -0.39 is 112 Å². The van der Waals surface area contributed by atoms with E-state index in [1.54, 1.807) is 0 Å². The summed E-state index contributed by atoms with van der Waals surface area (Å²) in [4.78, 5) is 0. The molecule has 11 N–H and O–H groups in total. The summed E-state index contributed by atoms with van der Waals surface area (Å²) < 4.78 is 42.0. The van der Waals surface area contributed by atoms with Gasteiger partial charge in [0.15, 0.2) is 18.9 Å². The molecule has 0 radical (unpaired) electrons. The molecular formula is C44H72O18. The standard InChI is InChI=1S/C44H72O18/c1-19(18-56-40-37(54)34(51)31(48)28(15-45)59-40)4-6-21-13-26-27(57-21)14-25-23-7-5-20-12-22(8-10-43(20,2)24(23)9-11-44(25,26)3)58-42-39(36(53)33(50)30(17-47)61-42)62-41-38(55)35(52)32(49)29(16-46)60-41/h13,19-20,22-42,45-55H,4-12,14-18H2,1-3H3. The van der Waals surface area contributed by atoms with Gasteiger partial charge in [-0.15, -0.1) is 0 Å². The number of fused-ring (bicyclic) bond motifs is 7. The normalized spacial score (nSPS) is 53.2. The highest BCUT2D eigenvalue weighted by atomic mass is 16.8. The van der Waals surface area contributed by atoms with Crippen LogP contribution < -0.4 is 0 Å². The molecule has 25 unspecified atom stereocenters. The van der Waals surface area contributed by atoms with E-state index in [2.05, 4.69) is 19.9 Å². The van der Waals surface area contributed by atoms with Crippen LogP contribution in [0.5, 0.6) is 0 Å². The van der Waals surface area contributed by atoms with Gasteiger partial charge in [0.05, 0.1) is 38.3 Å². The Morgan fingerprint density at radius 3 is 1.90 bits per heavy atom. The lowest BCUT2D eigenvalue weighted by Crippen LogP contribution is -2.65. The lowest BCUT2D eigenvalue weighted by molar-refractivity contribution is -0.373. The fourth-order valence-electron chi connectivity index (χ4n) is 13.1. The molecule has 25 atom stereocenters. The first-order chi connectivity index (χ1) is 29.5. The van der Waals surface area contributed by atoms with Gasteiger partial charge in [0.1, 0.15) is 79.4 Å². The molecular weight excluding hydrogens is 816 g/mol. The van der Waals surface area contributed by atoms with E-state index in [0.717, 1.165) is 70.0 Å². The maximum absolute atomic E-state index is 11.2. The molecule has 0 bridgehead atoms. The Morgan fingerprint density at radius 2 is 1.24 bits per heavy atom. The second-order valence-corrected chi connectivity index (χ2v) is 20.5.